The summed E-state index contributed by atoms with van der Waals surface area (Å²) in [5.41, 5.74) is -0.178. The number of rotatable bonds is 1. The first kappa shape index (κ1) is 4.70. The molecule has 1 atom stereocenters. The Balaban J connectivity index is 2.63. The van der Waals surface area contributed by atoms with Crippen LogP contribution >= 0.6 is 15.9 Å². The van der Waals surface area contributed by atoms with Crippen LogP contribution in [0.4, 0.5) is 8.78 Å². The number of alkyl halides is 2. The van der Waals surface area contributed by atoms with E-state index in [1.807, 2.05) is 0 Å². The molecule has 12 heavy (non-hydrogen) atoms. The highest BCUT2D eigenvalue weighted by atomic mass is 79.9. The van der Waals surface area contributed by atoms with E-state index in [0.29, 0.717) is 0 Å². The molecule has 1 aliphatic carbocycles. The van der Waals surface area contributed by atoms with Crippen LogP contribution in [0.25, 0.3) is 0 Å². The molecule has 0 heterocycles. The summed E-state index contributed by atoms with van der Waals surface area (Å²) in [6, 6.07) is -1.37. The molecule has 0 saturated heterocycles. The molecule has 0 amide bonds. The van der Waals surface area contributed by atoms with E-state index in [4.69, 9.17) is 5.48 Å². The van der Waals surface area contributed by atoms with Crippen molar-refractivity contribution in [1.29, 1.82) is 0 Å². The van der Waals surface area contributed by atoms with E-state index in [9.17, 15) is 8.78 Å². The molecule has 0 spiro atoms. The van der Waals surface area contributed by atoms with E-state index in [2.05, 4.69) is 15.9 Å². The first-order valence-electron chi connectivity index (χ1n) is 5.41. The van der Waals surface area contributed by atoms with E-state index in [-0.39, 0.29) is 34.2 Å². The second kappa shape index (κ2) is 2.52. The van der Waals surface area contributed by atoms with Crippen LogP contribution in [-0.4, -0.2) is 5.92 Å². The highest BCUT2D eigenvalue weighted by Crippen LogP contribution is 2.55. The van der Waals surface area contributed by atoms with Gasteiger partial charge in [-0.2, -0.15) is 0 Å². The molecule has 1 saturated carbocycles. The summed E-state index contributed by atoms with van der Waals surface area (Å²) in [5.74, 6) is -4.06. The minimum absolute atomic E-state index is 0.00946. The summed E-state index contributed by atoms with van der Waals surface area (Å²) in [5, 5.41) is 0. The van der Waals surface area contributed by atoms with Gasteiger partial charge >= 0.3 is 0 Å². The molecule has 0 radical (unpaired) electrons. The van der Waals surface area contributed by atoms with Crippen LogP contribution in [0.2, 0.25) is 0 Å². The maximum Gasteiger partial charge on any atom is 0.255 e. The van der Waals surface area contributed by atoms with Crippen molar-refractivity contribution in [2.24, 2.45) is 0 Å². The molecule has 1 fully saturated rings. The number of halogens is 3. The normalized spacial score (nSPS) is 30.1. The monoisotopic (exact) mass is 236 g/mol. The summed E-state index contributed by atoms with van der Waals surface area (Å²) >= 11 is 2.91. The highest BCUT2D eigenvalue weighted by molar-refractivity contribution is 9.10. The molecule has 2 rings (SSSR count). The van der Waals surface area contributed by atoms with Crippen LogP contribution in [0.5, 0.6) is 0 Å². The minimum atomic E-state index is -2.89. The van der Waals surface area contributed by atoms with E-state index in [1.165, 1.54) is 0 Å². The quantitative estimate of drug-likeness (QED) is 0.700. The van der Waals surface area contributed by atoms with Gasteiger partial charge < -0.3 is 0 Å². The highest BCUT2D eigenvalue weighted by Gasteiger charge is 2.57. The van der Waals surface area contributed by atoms with Gasteiger partial charge in [-0.15, -0.1) is 0 Å². The molecule has 0 N–H and O–H groups in total. The van der Waals surface area contributed by atoms with Gasteiger partial charge in [0.25, 0.3) is 5.92 Å². The lowest BCUT2D eigenvalue weighted by Gasteiger charge is -1.98. The van der Waals surface area contributed by atoms with Gasteiger partial charge in [0.1, 0.15) is 0 Å². The molecule has 1 unspecified atom stereocenters. The molecule has 0 bridgehead atoms. The fraction of sp³-hybridized carbons (Fsp3) is 0.333. The van der Waals surface area contributed by atoms with Crippen molar-refractivity contribution >= 4 is 15.9 Å². The van der Waals surface area contributed by atoms with E-state index >= 15 is 0 Å². The largest absolute Gasteiger partial charge is 0.255 e. The SMILES string of the molecule is [2H]c1c([2H])c(C2CC2(F)F)c([2H])c([2H])c1Br. The Morgan fingerprint density at radius 1 is 1.42 bits per heavy atom. The average Bonchev–Trinajstić information content (AvgIpc) is 2.82. The fourth-order valence-electron chi connectivity index (χ4n) is 1.01. The van der Waals surface area contributed by atoms with Gasteiger partial charge in [0.2, 0.25) is 0 Å². The van der Waals surface area contributed by atoms with Gasteiger partial charge in [-0.05, 0) is 17.6 Å². The Labute approximate surface area is 83.3 Å². The number of hydrogen-bond donors (Lipinski definition) is 0. The third kappa shape index (κ3) is 1.38. The van der Waals surface area contributed by atoms with Gasteiger partial charge in [0.05, 0.1) is 11.4 Å². The average molecular weight is 237 g/mol. The van der Waals surface area contributed by atoms with Gasteiger partial charge in [-0.1, -0.05) is 28.0 Å². The van der Waals surface area contributed by atoms with E-state index in [1.54, 1.807) is 0 Å². The summed E-state index contributed by atoms with van der Waals surface area (Å²) in [7, 11) is 0. The molecule has 3 heteroatoms. The molecule has 64 valence electrons. The Morgan fingerprint density at radius 3 is 2.33 bits per heavy atom. The van der Waals surface area contributed by atoms with E-state index < -0.39 is 18.3 Å². The number of benzene rings is 1. The molecular formula is C9H7BrF2. The van der Waals surface area contributed by atoms with Crippen LogP contribution in [-0.2, 0) is 0 Å². The molecule has 1 aromatic rings. The summed E-state index contributed by atoms with van der Waals surface area (Å²) in [6.07, 6.45) is -0.398. The van der Waals surface area contributed by atoms with E-state index in [0.717, 1.165) is 0 Å². The third-order valence-corrected chi connectivity index (χ3v) is 2.18. The van der Waals surface area contributed by atoms with Gasteiger partial charge in [0.15, 0.2) is 0 Å². The lowest BCUT2D eigenvalue weighted by Crippen LogP contribution is -1.91. The number of hydrogen-bond acceptors (Lipinski definition) is 0. The molecule has 0 aliphatic heterocycles. The summed E-state index contributed by atoms with van der Waals surface area (Å²) < 4.78 is 55.9. The Morgan fingerprint density at radius 2 is 1.92 bits per heavy atom. The Kier molecular flexibility index (Phi) is 0.988. The zero-order valence-corrected chi connectivity index (χ0v) is 7.50. The standard InChI is InChI=1S/C9H7BrF2/c10-7-3-1-6(2-4-7)8-5-9(8,11)12/h1-4,8H,5H2/i1D,2D,3D,4D. The van der Waals surface area contributed by atoms with Crippen molar-refractivity contribution in [3.63, 3.8) is 0 Å². The van der Waals surface area contributed by atoms with Crippen molar-refractivity contribution in [2.45, 2.75) is 18.3 Å². The smallest absolute Gasteiger partial charge is 0.206 e. The lowest BCUT2D eigenvalue weighted by molar-refractivity contribution is 0.112. The summed E-state index contributed by atoms with van der Waals surface area (Å²) in [6.45, 7) is 0. The fourth-order valence-corrected chi connectivity index (χ4v) is 1.21. The van der Waals surface area contributed by atoms with Gasteiger partial charge in [0, 0.05) is 10.9 Å². The van der Waals surface area contributed by atoms with Crippen molar-refractivity contribution in [3.05, 3.63) is 34.2 Å². The molecule has 0 nitrogen and oxygen atoms in total. The molecule has 1 aromatic carbocycles. The van der Waals surface area contributed by atoms with Gasteiger partial charge in [-0.3, -0.25) is 0 Å². The molecule has 0 aromatic heterocycles. The summed E-state index contributed by atoms with van der Waals surface area (Å²) in [4.78, 5) is 0. The van der Waals surface area contributed by atoms with Crippen LogP contribution < -0.4 is 0 Å². The maximum absolute atomic E-state index is 12.9. The predicted octanol–water partition coefficient (Wildman–Crippen LogP) is 3.57. The molecular weight excluding hydrogens is 226 g/mol. The second-order valence-electron chi connectivity index (χ2n) is 2.75. The zero-order chi connectivity index (χ0) is 12.2. The predicted molar refractivity (Wildman–Crippen MR) is 46.4 cm³/mol. The topological polar surface area (TPSA) is 0 Å². The van der Waals surface area contributed by atoms with Crippen LogP contribution in [0.3, 0.4) is 0 Å². The van der Waals surface area contributed by atoms with Crippen molar-refractivity contribution < 1.29 is 14.3 Å². The van der Waals surface area contributed by atoms with Crippen molar-refractivity contribution in [1.82, 2.24) is 0 Å². The molecule has 1 aliphatic rings. The van der Waals surface area contributed by atoms with Crippen molar-refractivity contribution in [3.8, 4) is 0 Å². The Bertz CT molecular complexity index is 446. The van der Waals surface area contributed by atoms with Crippen LogP contribution in [0.15, 0.2) is 28.6 Å². The third-order valence-electron chi connectivity index (χ3n) is 1.79. The zero-order valence-electron chi connectivity index (χ0n) is 9.92. The van der Waals surface area contributed by atoms with Gasteiger partial charge in [-0.25, -0.2) is 8.78 Å². The Hall–Kier alpha value is -0.440. The lowest BCUT2D eigenvalue weighted by atomic mass is 10.1. The first-order valence-corrected chi connectivity index (χ1v) is 4.20. The van der Waals surface area contributed by atoms with Crippen LogP contribution in [0, 0.1) is 0 Å². The maximum atomic E-state index is 12.9. The minimum Gasteiger partial charge on any atom is -0.206 e. The van der Waals surface area contributed by atoms with Crippen LogP contribution in [0.1, 0.15) is 23.4 Å². The second-order valence-corrected chi connectivity index (χ2v) is 3.54. The van der Waals surface area contributed by atoms with Crippen molar-refractivity contribution in [2.75, 3.05) is 0 Å². The first-order chi connectivity index (χ1) is 7.27.